The molecule has 0 radical (unpaired) electrons. The number of nitrogens with zero attached hydrogens (tertiary/aromatic N) is 1. The normalized spacial score (nSPS) is 14.3. The largest absolute Gasteiger partial charge is 0.493 e. The van der Waals surface area contributed by atoms with E-state index in [1.807, 2.05) is 18.2 Å². The molecule has 2 N–H and O–H groups in total. The maximum atomic E-state index is 11.0. The first kappa shape index (κ1) is 13.6. The summed E-state index contributed by atoms with van der Waals surface area (Å²) in [6, 6.07) is 12.4. The monoisotopic (exact) mass is 284 g/mol. The molecule has 0 aliphatic carbocycles. The molecule has 0 fully saturated rings. The van der Waals surface area contributed by atoms with Crippen molar-refractivity contribution in [2.24, 2.45) is 5.73 Å². The Morgan fingerprint density at radius 2 is 2.10 bits per heavy atom. The number of para-hydroxylation sites is 1. The second kappa shape index (κ2) is 5.54. The Hall–Kier alpha value is -2.40. The second-order valence-corrected chi connectivity index (χ2v) is 5.16. The lowest BCUT2D eigenvalue weighted by atomic mass is 9.96. The first-order valence-corrected chi connectivity index (χ1v) is 6.88. The van der Waals surface area contributed by atoms with Crippen LogP contribution in [0.3, 0.4) is 0 Å². The molecule has 21 heavy (non-hydrogen) atoms. The zero-order valence-corrected chi connectivity index (χ0v) is 11.5. The summed E-state index contributed by atoms with van der Waals surface area (Å²) in [6.07, 6.45) is 1.33. The van der Waals surface area contributed by atoms with Crippen molar-refractivity contribution in [2.45, 2.75) is 18.9 Å². The molecule has 3 rings (SSSR count). The van der Waals surface area contributed by atoms with Crippen LogP contribution in [0.1, 0.15) is 22.7 Å². The van der Waals surface area contributed by atoms with Gasteiger partial charge in [0.15, 0.2) is 0 Å². The van der Waals surface area contributed by atoms with Gasteiger partial charge in [-0.25, -0.2) is 0 Å². The summed E-state index contributed by atoms with van der Waals surface area (Å²) in [5.74, 6) is 0.914. The first-order chi connectivity index (χ1) is 10.1. The van der Waals surface area contributed by atoms with E-state index in [0.29, 0.717) is 18.6 Å². The fourth-order valence-electron chi connectivity index (χ4n) is 2.65. The molecule has 5 nitrogen and oxygen atoms in total. The van der Waals surface area contributed by atoms with Crippen molar-refractivity contribution in [1.82, 2.24) is 0 Å². The Morgan fingerprint density at radius 3 is 2.90 bits per heavy atom. The summed E-state index contributed by atoms with van der Waals surface area (Å²) >= 11 is 0. The van der Waals surface area contributed by atoms with E-state index < -0.39 is 0 Å². The highest BCUT2D eigenvalue weighted by atomic mass is 16.6. The van der Waals surface area contributed by atoms with Gasteiger partial charge >= 0.3 is 0 Å². The minimum absolute atomic E-state index is 0.123. The van der Waals surface area contributed by atoms with Gasteiger partial charge in [-0.2, -0.15) is 0 Å². The van der Waals surface area contributed by atoms with Crippen LogP contribution in [-0.2, 0) is 12.8 Å². The van der Waals surface area contributed by atoms with Crippen molar-refractivity contribution in [3.05, 3.63) is 69.3 Å². The third-order valence-corrected chi connectivity index (χ3v) is 3.77. The van der Waals surface area contributed by atoms with Gasteiger partial charge in [0, 0.05) is 24.1 Å². The summed E-state index contributed by atoms with van der Waals surface area (Å²) in [7, 11) is 0. The van der Waals surface area contributed by atoms with Gasteiger partial charge in [0.2, 0.25) is 0 Å². The van der Waals surface area contributed by atoms with Crippen LogP contribution in [0.2, 0.25) is 0 Å². The fraction of sp³-hybridized carbons (Fsp3) is 0.250. The third kappa shape index (κ3) is 2.73. The van der Waals surface area contributed by atoms with Crippen LogP contribution in [0.5, 0.6) is 5.75 Å². The highest BCUT2D eigenvalue weighted by Gasteiger charge is 2.18. The minimum atomic E-state index is -0.363. The van der Waals surface area contributed by atoms with E-state index in [1.165, 1.54) is 6.07 Å². The number of hydrogen-bond acceptors (Lipinski definition) is 4. The summed E-state index contributed by atoms with van der Waals surface area (Å²) in [5, 5.41) is 11.0. The highest BCUT2D eigenvalue weighted by molar-refractivity contribution is 5.43. The lowest BCUT2D eigenvalue weighted by molar-refractivity contribution is -0.385. The minimum Gasteiger partial charge on any atom is -0.493 e. The van der Waals surface area contributed by atoms with E-state index in [1.54, 1.807) is 18.2 Å². The molecule has 0 saturated carbocycles. The lowest BCUT2D eigenvalue weighted by Gasteiger charge is -2.13. The molecule has 1 atom stereocenters. The van der Waals surface area contributed by atoms with Crippen molar-refractivity contribution in [3.63, 3.8) is 0 Å². The van der Waals surface area contributed by atoms with Crippen molar-refractivity contribution < 1.29 is 9.66 Å². The Bertz CT molecular complexity index is 685. The number of nitro benzene ring substituents is 1. The number of rotatable bonds is 4. The van der Waals surface area contributed by atoms with E-state index in [9.17, 15) is 10.1 Å². The third-order valence-electron chi connectivity index (χ3n) is 3.77. The maximum Gasteiger partial charge on any atom is 0.272 e. The van der Waals surface area contributed by atoms with Crippen LogP contribution in [0.4, 0.5) is 5.69 Å². The number of nitro groups is 1. The van der Waals surface area contributed by atoms with Crippen molar-refractivity contribution in [2.75, 3.05) is 6.61 Å². The number of hydrogen-bond donors (Lipinski definition) is 1. The van der Waals surface area contributed by atoms with E-state index >= 15 is 0 Å². The van der Waals surface area contributed by atoms with Crippen LogP contribution < -0.4 is 10.5 Å². The van der Waals surface area contributed by atoms with Crippen LogP contribution in [0, 0.1) is 10.1 Å². The molecule has 1 aliphatic heterocycles. The average molecular weight is 284 g/mol. The predicted molar refractivity (Wildman–Crippen MR) is 79.4 cm³/mol. The number of nitrogens with two attached hydrogens (primary N) is 1. The zero-order valence-electron chi connectivity index (χ0n) is 11.5. The average Bonchev–Trinajstić information content (AvgIpc) is 2.94. The number of ether oxygens (including phenoxy) is 1. The molecule has 1 unspecified atom stereocenters. The van der Waals surface area contributed by atoms with Crippen molar-refractivity contribution >= 4 is 5.69 Å². The van der Waals surface area contributed by atoms with E-state index in [2.05, 4.69) is 0 Å². The van der Waals surface area contributed by atoms with Gasteiger partial charge < -0.3 is 10.5 Å². The summed E-state index contributed by atoms with van der Waals surface area (Å²) < 4.78 is 5.47. The van der Waals surface area contributed by atoms with Gasteiger partial charge in [0.05, 0.1) is 11.5 Å². The fourth-order valence-corrected chi connectivity index (χ4v) is 2.65. The molecule has 2 aromatic rings. The lowest BCUT2D eigenvalue weighted by Crippen LogP contribution is -2.14. The SMILES string of the molecule is NC(Cc1ccccc1[N+](=O)[O-])c1ccc2c(c1)CCO2. The first-order valence-electron chi connectivity index (χ1n) is 6.88. The Labute approximate surface area is 122 Å². The molecule has 0 saturated heterocycles. The molecule has 1 heterocycles. The Balaban J connectivity index is 1.83. The topological polar surface area (TPSA) is 78.4 Å². The molecule has 5 heteroatoms. The predicted octanol–water partition coefficient (Wildman–Crippen LogP) is 2.77. The zero-order chi connectivity index (χ0) is 14.8. The van der Waals surface area contributed by atoms with Crippen LogP contribution in [0.15, 0.2) is 42.5 Å². The molecule has 2 aromatic carbocycles. The van der Waals surface area contributed by atoms with Gasteiger partial charge in [-0.1, -0.05) is 30.3 Å². The summed E-state index contributed by atoms with van der Waals surface area (Å²) in [6.45, 7) is 0.707. The Morgan fingerprint density at radius 1 is 1.29 bits per heavy atom. The molecule has 0 amide bonds. The van der Waals surface area contributed by atoms with Gasteiger partial charge in [-0.05, 0) is 23.6 Å². The van der Waals surface area contributed by atoms with Crippen molar-refractivity contribution in [3.8, 4) is 5.75 Å². The van der Waals surface area contributed by atoms with E-state index in [-0.39, 0.29) is 16.7 Å². The second-order valence-electron chi connectivity index (χ2n) is 5.16. The van der Waals surface area contributed by atoms with E-state index in [4.69, 9.17) is 10.5 Å². The smallest absolute Gasteiger partial charge is 0.272 e. The van der Waals surface area contributed by atoms with Crippen LogP contribution >= 0.6 is 0 Å². The maximum absolute atomic E-state index is 11.0. The van der Waals surface area contributed by atoms with E-state index in [0.717, 1.165) is 23.3 Å². The number of fused-ring (bicyclic) bond motifs is 1. The summed E-state index contributed by atoms with van der Waals surface area (Å²) in [5.41, 5.74) is 9.15. The van der Waals surface area contributed by atoms with Crippen LogP contribution in [0.25, 0.3) is 0 Å². The molecule has 0 aromatic heterocycles. The molecular formula is C16H16N2O3. The quantitative estimate of drug-likeness (QED) is 0.691. The number of benzene rings is 2. The van der Waals surface area contributed by atoms with Gasteiger partial charge in [-0.15, -0.1) is 0 Å². The van der Waals surface area contributed by atoms with Gasteiger partial charge in [-0.3, -0.25) is 10.1 Å². The van der Waals surface area contributed by atoms with Crippen LogP contribution in [-0.4, -0.2) is 11.5 Å². The molecule has 0 spiro atoms. The highest BCUT2D eigenvalue weighted by Crippen LogP contribution is 2.29. The Kier molecular flexibility index (Phi) is 3.58. The molecule has 1 aliphatic rings. The van der Waals surface area contributed by atoms with Gasteiger partial charge in [0.1, 0.15) is 5.75 Å². The molecule has 108 valence electrons. The molecule has 0 bridgehead atoms. The van der Waals surface area contributed by atoms with Gasteiger partial charge in [0.25, 0.3) is 5.69 Å². The standard InChI is InChI=1S/C16H16N2O3/c17-14(10-12-3-1-2-4-15(12)18(19)20)11-5-6-16-13(9-11)7-8-21-16/h1-6,9,14H,7-8,10,17H2. The van der Waals surface area contributed by atoms with Crippen molar-refractivity contribution in [1.29, 1.82) is 0 Å². The summed E-state index contributed by atoms with van der Waals surface area (Å²) in [4.78, 5) is 10.7. The molecular weight excluding hydrogens is 268 g/mol.